The molecule has 2 rings (SSSR count). The van der Waals surface area contributed by atoms with E-state index in [1.54, 1.807) is 43.8 Å². The molecule has 1 aromatic carbocycles. The monoisotopic (exact) mass is 305 g/mol. The number of nitrogens with one attached hydrogen (secondary N) is 1. The highest BCUT2D eigenvalue weighted by Gasteiger charge is 2.16. The van der Waals surface area contributed by atoms with Crippen molar-refractivity contribution in [1.82, 2.24) is 0 Å². The van der Waals surface area contributed by atoms with Crippen LogP contribution >= 0.6 is 11.3 Å². The zero-order valence-electron chi connectivity index (χ0n) is 12.6. The van der Waals surface area contributed by atoms with Crippen LogP contribution in [0.2, 0.25) is 0 Å². The maximum absolute atomic E-state index is 12.4. The molecule has 0 atom stereocenters. The van der Waals surface area contributed by atoms with Crippen LogP contribution in [0.4, 0.5) is 5.69 Å². The summed E-state index contributed by atoms with van der Waals surface area (Å²) in [4.78, 5) is 13.6. The summed E-state index contributed by atoms with van der Waals surface area (Å²) < 4.78 is 10.4. The van der Waals surface area contributed by atoms with Crippen LogP contribution in [-0.4, -0.2) is 20.1 Å². The van der Waals surface area contributed by atoms with E-state index in [0.717, 1.165) is 17.5 Å². The zero-order valence-corrected chi connectivity index (χ0v) is 13.5. The van der Waals surface area contributed by atoms with Gasteiger partial charge in [0.05, 0.1) is 25.5 Å². The molecule has 0 bridgehead atoms. The molecule has 0 aliphatic carbocycles. The fraction of sp³-hybridized carbons (Fsp3) is 0.312. The maximum Gasteiger partial charge on any atom is 0.256 e. The molecule has 1 heterocycles. The van der Waals surface area contributed by atoms with Crippen molar-refractivity contribution in [3.05, 3.63) is 39.6 Å². The molecule has 1 aromatic heterocycles. The lowest BCUT2D eigenvalue weighted by molar-refractivity contribution is 0.102. The third kappa shape index (κ3) is 3.19. The topological polar surface area (TPSA) is 47.6 Å². The molecule has 1 N–H and O–H groups in total. The molecular weight excluding hydrogens is 286 g/mol. The number of benzene rings is 1. The molecule has 0 aliphatic rings. The van der Waals surface area contributed by atoms with Gasteiger partial charge in [-0.2, -0.15) is 0 Å². The first kappa shape index (κ1) is 15.4. The molecule has 2 aromatic rings. The number of thiophene rings is 1. The minimum atomic E-state index is -0.111. The van der Waals surface area contributed by atoms with E-state index in [4.69, 9.17) is 9.47 Å². The number of ether oxygens (including phenoxy) is 2. The van der Waals surface area contributed by atoms with Crippen molar-refractivity contribution in [3.8, 4) is 11.5 Å². The van der Waals surface area contributed by atoms with Crippen molar-refractivity contribution >= 4 is 22.9 Å². The van der Waals surface area contributed by atoms with Crippen molar-refractivity contribution in [2.75, 3.05) is 19.5 Å². The number of rotatable bonds is 5. The van der Waals surface area contributed by atoms with Crippen LogP contribution in [0.15, 0.2) is 23.6 Å². The predicted molar refractivity (Wildman–Crippen MR) is 85.9 cm³/mol. The van der Waals surface area contributed by atoms with Gasteiger partial charge in [0, 0.05) is 16.3 Å². The van der Waals surface area contributed by atoms with Gasteiger partial charge in [-0.3, -0.25) is 4.79 Å². The first-order valence-electron chi connectivity index (χ1n) is 6.71. The van der Waals surface area contributed by atoms with Crippen LogP contribution in [0.1, 0.15) is 27.7 Å². The van der Waals surface area contributed by atoms with E-state index in [0.29, 0.717) is 17.2 Å². The summed E-state index contributed by atoms with van der Waals surface area (Å²) in [5, 5.41) is 4.81. The summed E-state index contributed by atoms with van der Waals surface area (Å²) in [5.74, 6) is 1.15. The number of methoxy groups -OCH3 is 2. The molecule has 0 saturated carbocycles. The number of anilines is 1. The molecule has 0 radical (unpaired) electrons. The van der Waals surface area contributed by atoms with Crippen molar-refractivity contribution in [2.45, 2.75) is 20.3 Å². The van der Waals surface area contributed by atoms with Gasteiger partial charge in [0.1, 0.15) is 11.5 Å². The summed E-state index contributed by atoms with van der Waals surface area (Å²) in [7, 11) is 3.16. The molecule has 112 valence electrons. The Bertz CT molecular complexity index is 649. The second-order valence-corrected chi connectivity index (χ2v) is 5.64. The minimum Gasteiger partial charge on any atom is -0.497 e. The zero-order chi connectivity index (χ0) is 15.4. The van der Waals surface area contributed by atoms with Crippen LogP contribution in [0.25, 0.3) is 0 Å². The van der Waals surface area contributed by atoms with Crippen molar-refractivity contribution in [3.63, 3.8) is 0 Å². The van der Waals surface area contributed by atoms with E-state index in [1.165, 1.54) is 4.88 Å². The number of amides is 1. The summed E-state index contributed by atoms with van der Waals surface area (Å²) in [6.07, 6.45) is 0.845. The summed E-state index contributed by atoms with van der Waals surface area (Å²) in [6, 6.07) is 5.31. The quantitative estimate of drug-likeness (QED) is 0.911. The van der Waals surface area contributed by atoms with Gasteiger partial charge in [-0.25, -0.2) is 0 Å². The van der Waals surface area contributed by atoms with E-state index in [2.05, 4.69) is 12.2 Å². The van der Waals surface area contributed by atoms with Gasteiger partial charge in [0.15, 0.2) is 0 Å². The van der Waals surface area contributed by atoms with Gasteiger partial charge in [-0.05, 0) is 31.0 Å². The maximum atomic E-state index is 12.4. The van der Waals surface area contributed by atoms with Gasteiger partial charge >= 0.3 is 0 Å². The molecule has 4 nitrogen and oxygen atoms in total. The lowest BCUT2D eigenvalue weighted by Crippen LogP contribution is -2.13. The Morgan fingerprint density at radius 3 is 2.67 bits per heavy atom. The Balaban J connectivity index is 2.27. The number of carbonyl (C=O) groups is 1. The van der Waals surface area contributed by atoms with Gasteiger partial charge in [-0.1, -0.05) is 6.92 Å². The standard InChI is InChI=1S/C16H19NO3S/c1-5-12-10(2)21-9-13(12)16(18)17-14-7-6-11(19-3)8-15(14)20-4/h6-9H,5H2,1-4H3,(H,17,18). The van der Waals surface area contributed by atoms with Gasteiger partial charge in [-0.15, -0.1) is 11.3 Å². The van der Waals surface area contributed by atoms with Crippen LogP contribution in [-0.2, 0) is 6.42 Å². The molecule has 0 aliphatic heterocycles. The highest BCUT2D eigenvalue weighted by atomic mass is 32.1. The molecular formula is C16H19NO3S. The van der Waals surface area contributed by atoms with E-state index >= 15 is 0 Å². The minimum absolute atomic E-state index is 0.111. The number of carbonyl (C=O) groups excluding carboxylic acids is 1. The Hall–Kier alpha value is -2.01. The largest absolute Gasteiger partial charge is 0.497 e. The average molecular weight is 305 g/mol. The van der Waals surface area contributed by atoms with Crippen molar-refractivity contribution in [2.24, 2.45) is 0 Å². The summed E-state index contributed by atoms with van der Waals surface area (Å²) >= 11 is 1.60. The smallest absolute Gasteiger partial charge is 0.256 e. The van der Waals surface area contributed by atoms with Gasteiger partial charge < -0.3 is 14.8 Å². The van der Waals surface area contributed by atoms with Crippen LogP contribution in [0.5, 0.6) is 11.5 Å². The molecule has 5 heteroatoms. The third-order valence-electron chi connectivity index (χ3n) is 3.36. The van der Waals surface area contributed by atoms with E-state index < -0.39 is 0 Å². The molecule has 1 amide bonds. The van der Waals surface area contributed by atoms with Crippen LogP contribution in [0.3, 0.4) is 0 Å². The normalized spacial score (nSPS) is 10.3. The number of aryl methyl sites for hydroxylation is 1. The lowest BCUT2D eigenvalue weighted by Gasteiger charge is -2.12. The number of hydrogen-bond acceptors (Lipinski definition) is 4. The number of hydrogen-bond donors (Lipinski definition) is 1. The Kier molecular flexibility index (Phi) is 4.85. The predicted octanol–water partition coefficient (Wildman–Crippen LogP) is 3.89. The van der Waals surface area contributed by atoms with Crippen LogP contribution < -0.4 is 14.8 Å². The second kappa shape index (κ2) is 6.63. The Morgan fingerprint density at radius 1 is 1.29 bits per heavy atom. The third-order valence-corrected chi connectivity index (χ3v) is 4.31. The Morgan fingerprint density at radius 2 is 2.05 bits per heavy atom. The first-order chi connectivity index (χ1) is 10.1. The summed E-state index contributed by atoms with van der Waals surface area (Å²) in [5.41, 5.74) is 2.47. The SMILES string of the molecule is CCc1c(C(=O)Nc2ccc(OC)cc2OC)csc1C. The molecule has 0 saturated heterocycles. The van der Waals surface area contributed by atoms with Gasteiger partial charge in [0.25, 0.3) is 5.91 Å². The van der Waals surface area contributed by atoms with Gasteiger partial charge in [0.2, 0.25) is 0 Å². The van der Waals surface area contributed by atoms with Crippen molar-refractivity contribution in [1.29, 1.82) is 0 Å². The molecule has 0 fully saturated rings. The van der Waals surface area contributed by atoms with Crippen LogP contribution in [0, 0.1) is 6.92 Å². The summed E-state index contributed by atoms with van der Waals surface area (Å²) in [6.45, 7) is 4.09. The lowest BCUT2D eigenvalue weighted by atomic mass is 10.1. The van der Waals surface area contributed by atoms with E-state index in [1.807, 2.05) is 12.3 Å². The molecule has 21 heavy (non-hydrogen) atoms. The highest BCUT2D eigenvalue weighted by Crippen LogP contribution is 2.30. The highest BCUT2D eigenvalue weighted by molar-refractivity contribution is 7.10. The fourth-order valence-electron chi connectivity index (χ4n) is 2.20. The molecule has 0 spiro atoms. The first-order valence-corrected chi connectivity index (χ1v) is 7.59. The van der Waals surface area contributed by atoms with E-state index in [-0.39, 0.29) is 5.91 Å². The van der Waals surface area contributed by atoms with Crippen molar-refractivity contribution < 1.29 is 14.3 Å². The fourth-order valence-corrected chi connectivity index (χ4v) is 3.14. The van der Waals surface area contributed by atoms with E-state index in [9.17, 15) is 4.79 Å². The Labute approximate surface area is 128 Å². The average Bonchev–Trinajstić information content (AvgIpc) is 2.88. The molecule has 0 unspecified atom stereocenters. The second-order valence-electron chi connectivity index (χ2n) is 4.56.